The lowest BCUT2D eigenvalue weighted by Crippen LogP contribution is -2.11. The van der Waals surface area contributed by atoms with Crippen LogP contribution in [0.2, 0.25) is 0 Å². The summed E-state index contributed by atoms with van der Waals surface area (Å²) in [6, 6.07) is 17.3. The first-order valence-electron chi connectivity index (χ1n) is 18.1. The first-order chi connectivity index (χ1) is 27.6. The van der Waals surface area contributed by atoms with Gasteiger partial charge in [0.2, 0.25) is 10.0 Å². The second-order valence-electron chi connectivity index (χ2n) is 15.3. The minimum atomic E-state index is -0.354. The number of pyridine rings is 2. The number of carbonyl (C=O) groups excluding carboxylic acids is 4. The number of hydrogen-bond donors (Lipinski definition) is 2. The first kappa shape index (κ1) is 39.8. The number of carbonyl (C=O) groups is 4. The molecule has 15 nitrogen and oxygen atoms in total. The van der Waals surface area contributed by atoms with Crippen molar-refractivity contribution in [1.29, 1.82) is 0 Å². The van der Waals surface area contributed by atoms with Gasteiger partial charge in [0.25, 0.3) is 11.8 Å². The van der Waals surface area contributed by atoms with Crippen LogP contribution in [0.15, 0.2) is 73.1 Å². The molecule has 8 rings (SSSR count). The highest BCUT2D eigenvalue weighted by molar-refractivity contribution is 7.13. The summed E-state index contributed by atoms with van der Waals surface area (Å²) >= 11 is 2.57. The van der Waals surface area contributed by atoms with Gasteiger partial charge in [0, 0.05) is 59.1 Å². The third kappa shape index (κ3) is 9.38. The molecule has 1 aliphatic heterocycles. The van der Waals surface area contributed by atoms with Crippen LogP contribution in [0.4, 0.5) is 11.4 Å². The highest BCUT2D eigenvalue weighted by Crippen LogP contribution is 2.38. The fourth-order valence-corrected chi connectivity index (χ4v) is 7.14. The summed E-state index contributed by atoms with van der Waals surface area (Å²) in [7, 11) is 0. The summed E-state index contributed by atoms with van der Waals surface area (Å²) in [5.74, 6) is 1.73. The Bertz CT molecular complexity index is 2350. The molecule has 0 radical (unpaired) electrons. The number of ether oxygens (including phenoxy) is 3. The Kier molecular flexibility index (Phi) is 11.1. The molecule has 0 spiro atoms. The van der Waals surface area contributed by atoms with E-state index in [4.69, 9.17) is 14.2 Å². The number of hydrogen-bond acceptors (Lipinski definition) is 15. The molecule has 2 N–H and O–H groups in total. The van der Waals surface area contributed by atoms with Gasteiger partial charge in [0.15, 0.2) is 11.5 Å². The van der Waals surface area contributed by atoms with Crippen molar-refractivity contribution in [3.05, 3.63) is 110 Å². The molecule has 0 saturated heterocycles. The summed E-state index contributed by atoms with van der Waals surface area (Å²) in [5.41, 5.74) is 3.11. The second-order valence-corrected chi connectivity index (χ2v) is 17.3. The van der Waals surface area contributed by atoms with Crippen molar-refractivity contribution in [2.75, 3.05) is 10.6 Å². The number of amides is 2. The maximum absolute atomic E-state index is 12.4. The molecule has 1 aliphatic carbocycles. The molecule has 6 aromatic rings. The molecule has 5 heterocycles. The van der Waals surface area contributed by atoms with Gasteiger partial charge in [-0.2, -0.15) is 0 Å². The van der Waals surface area contributed by atoms with E-state index in [1.165, 1.54) is 22.7 Å². The monoisotopic (exact) mass is 818 g/mol. The lowest BCUT2D eigenvalue weighted by molar-refractivity contribution is -0.132. The summed E-state index contributed by atoms with van der Waals surface area (Å²) in [4.78, 5) is 56.3. The van der Waals surface area contributed by atoms with Gasteiger partial charge in [-0.1, -0.05) is 64.2 Å². The Morgan fingerprint density at radius 1 is 0.621 bits per heavy atom. The molecule has 2 amide bonds. The van der Waals surface area contributed by atoms with Crippen LogP contribution < -0.4 is 24.8 Å². The maximum atomic E-state index is 12.4. The third-order valence-corrected chi connectivity index (χ3v) is 11.2. The number of ketones is 1. The molecular formula is C41H38N8O7S2. The number of rotatable bonds is 8. The van der Waals surface area contributed by atoms with Gasteiger partial charge in [0.1, 0.15) is 33.0 Å². The van der Waals surface area contributed by atoms with E-state index < -0.39 is 0 Å². The minimum Gasteiger partial charge on any atom is -0.457 e. The first-order valence-corrected chi connectivity index (χ1v) is 19.8. The molecule has 0 atom stereocenters. The average Bonchev–Trinajstić information content (AvgIpc) is 3.99. The summed E-state index contributed by atoms with van der Waals surface area (Å²) in [6.07, 6.45) is 4.07. The predicted molar refractivity (Wildman–Crippen MR) is 216 cm³/mol. The van der Waals surface area contributed by atoms with E-state index in [0.717, 1.165) is 21.3 Å². The standard InChI is InChI=1S/C21H20N4O3S.C20H18N4O4S/c1-21(2,3)20-25-24-19(29-20)18(27)23-12-4-6-14(7-5-12)28-17-8-9-22-16-11-13(26)10-15(16)17;1-20(2,3)19-24-23-18(29-19)17(26)22-11-4-6-12(7-5-11)27-14-8-9-21-13-10-15(25)28-16(13)14/h4-9H,10-11H2,1-3H3,(H,23,27);4-9H,10H2,1-3H3,(H,22,26). The van der Waals surface area contributed by atoms with Crippen molar-refractivity contribution >= 4 is 57.6 Å². The van der Waals surface area contributed by atoms with Crippen molar-refractivity contribution < 1.29 is 33.4 Å². The molecule has 0 bridgehead atoms. The van der Waals surface area contributed by atoms with E-state index in [1.54, 1.807) is 73.1 Å². The molecule has 296 valence electrons. The van der Waals surface area contributed by atoms with Crippen LogP contribution in [0.1, 0.15) is 88.1 Å². The number of nitrogens with one attached hydrogen (secondary N) is 2. The molecule has 2 aliphatic rings. The summed E-state index contributed by atoms with van der Waals surface area (Å²) < 4.78 is 16.9. The van der Waals surface area contributed by atoms with Crippen LogP contribution in [0.25, 0.3) is 0 Å². The molecule has 0 saturated carbocycles. The van der Waals surface area contributed by atoms with Crippen molar-refractivity contribution in [1.82, 2.24) is 30.4 Å². The Balaban J connectivity index is 0.000000177. The van der Waals surface area contributed by atoms with E-state index in [-0.39, 0.29) is 40.8 Å². The highest BCUT2D eigenvalue weighted by atomic mass is 32.1. The summed E-state index contributed by atoms with van der Waals surface area (Å²) in [6.45, 7) is 12.2. The largest absolute Gasteiger partial charge is 0.457 e. The number of esters is 1. The number of nitrogens with zero attached hydrogens (tertiary/aromatic N) is 6. The average molecular weight is 819 g/mol. The van der Waals surface area contributed by atoms with Crippen LogP contribution in [-0.4, -0.2) is 53.9 Å². The van der Waals surface area contributed by atoms with Gasteiger partial charge in [0.05, 0.1) is 17.8 Å². The Morgan fingerprint density at radius 3 is 1.60 bits per heavy atom. The Hall–Kier alpha value is -6.46. The van der Waals surface area contributed by atoms with Gasteiger partial charge in [-0.15, -0.1) is 20.4 Å². The second kappa shape index (κ2) is 16.2. The zero-order valence-electron chi connectivity index (χ0n) is 32.4. The van der Waals surface area contributed by atoms with Gasteiger partial charge in [-0.25, -0.2) is 0 Å². The molecule has 58 heavy (non-hydrogen) atoms. The molecule has 4 aromatic heterocycles. The van der Waals surface area contributed by atoms with Crippen LogP contribution >= 0.6 is 22.7 Å². The predicted octanol–water partition coefficient (Wildman–Crippen LogP) is 7.68. The van der Waals surface area contributed by atoms with E-state index in [1.807, 2.05) is 41.5 Å². The number of Topliss-reactive ketones (excluding diaryl/α,β-unsaturated/α-hetero) is 1. The number of fused-ring (bicyclic) bond motifs is 2. The quantitative estimate of drug-likeness (QED) is 0.142. The van der Waals surface area contributed by atoms with Gasteiger partial charge in [-0.05, 0) is 54.6 Å². The molecule has 17 heteroatoms. The Morgan fingerprint density at radius 2 is 1.10 bits per heavy atom. The van der Waals surface area contributed by atoms with E-state index in [0.29, 0.717) is 68.7 Å². The third-order valence-electron chi connectivity index (χ3n) is 8.51. The maximum Gasteiger partial charge on any atom is 0.317 e. The van der Waals surface area contributed by atoms with Gasteiger partial charge < -0.3 is 24.8 Å². The Labute approximate surface area is 341 Å². The minimum absolute atomic E-state index is 0.139. The van der Waals surface area contributed by atoms with Crippen molar-refractivity contribution in [2.45, 2.75) is 71.6 Å². The van der Waals surface area contributed by atoms with E-state index in [2.05, 4.69) is 41.0 Å². The van der Waals surface area contributed by atoms with Crippen LogP contribution in [-0.2, 0) is 39.7 Å². The van der Waals surface area contributed by atoms with Crippen LogP contribution in [0.5, 0.6) is 28.7 Å². The molecule has 0 fully saturated rings. The topological polar surface area (TPSA) is 197 Å². The molecule has 2 aromatic carbocycles. The normalized spacial score (nSPS) is 13.1. The number of benzene rings is 2. The van der Waals surface area contributed by atoms with Crippen molar-refractivity contribution in [3.63, 3.8) is 0 Å². The van der Waals surface area contributed by atoms with Crippen LogP contribution in [0.3, 0.4) is 0 Å². The lowest BCUT2D eigenvalue weighted by atomic mass is 9.98. The highest BCUT2D eigenvalue weighted by Gasteiger charge is 2.27. The summed E-state index contributed by atoms with van der Waals surface area (Å²) in [5, 5.41) is 24.0. The van der Waals surface area contributed by atoms with Crippen LogP contribution in [0, 0.1) is 0 Å². The smallest absolute Gasteiger partial charge is 0.317 e. The fraction of sp³-hybridized carbons (Fsp3) is 0.268. The van der Waals surface area contributed by atoms with E-state index in [9.17, 15) is 19.2 Å². The van der Waals surface area contributed by atoms with Crippen molar-refractivity contribution in [2.24, 2.45) is 0 Å². The van der Waals surface area contributed by atoms with Crippen molar-refractivity contribution in [3.8, 4) is 28.7 Å². The number of anilines is 2. The lowest BCUT2D eigenvalue weighted by Gasteiger charge is -2.12. The molecule has 0 unspecified atom stereocenters. The van der Waals surface area contributed by atoms with Gasteiger partial charge in [-0.3, -0.25) is 29.1 Å². The molecular weight excluding hydrogens is 781 g/mol. The zero-order chi connectivity index (χ0) is 41.2. The SMILES string of the molecule is CC(C)(C)c1nnc(C(=O)Nc2ccc(Oc3ccnc4c3CC(=O)C4)cc2)s1.CC(C)(C)c1nnc(C(=O)Nc2ccc(Oc3ccnc4c3OC(=O)C4)cc2)s1. The number of aromatic nitrogens is 6. The zero-order valence-corrected chi connectivity index (χ0v) is 34.0. The fourth-order valence-electron chi connectivity index (χ4n) is 5.54. The van der Waals surface area contributed by atoms with E-state index >= 15 is 0 Å². The van der Waals surface area contributed by atoms with Gasteiger partial charge >= 0.3 is 5.97 Å².